The van der Waals surface area contributed by atoms with Crippen molar-refractivity contribution in [1.82, 2.24) is 4.34 Å². The molecule has 3 aromatic rings. The van der Waals surface area contributed by atoms with Crippen molar-refractivity contribution in [2.75, 3.05) is 0 Å². The lowest BCUT2D eigenvalue weighted by molar-refractivity contribution is 0.408. The normalized spacial score (nSPS) is 10.2. The number of rotatable bonds is 4. The van der Waals surface area contributed by atoms with Gasteiger partial charge in [-0.1, -0.05) is 36.4 Å². The molecular formula is C16H14NO2P. The molecule has 0 fully saturated rings. The van der Waals surface area contributed by atoms with E-state index in [1.165, 1.54) is 0 Å². The predicted molar refractivity (Wildman–Crippen MR) is 82.6 cm³/mol. The Bertz CT molecular complexity index is 680. The maximum absolute atomic E-state index is 5.87. The van der Waals surface area contributed by atoms with Crippen LogP contribution in [0.5, 0.6) is 23.1 Å². The Balaban J connectivity index is 1.86. The highest BCUT2D eigenvalue weighted by molar-refractivity contribution is 7.14. The Kier molecular flexibility index (Phi) is 3.71. The van der Waals surface area contributed by atoms with E-state index in [2.05, 4.69) is 9.39 Å². The molecule has 0 radical (unpaired) electrons. The minimum atomic E-state index is 0.644. The summed E-state index contributed by atoms with van der Waals surface area (Å²) in [5.74, 6) is 2.87. The molecule has 1 unspecified atom stereocenters. The van der Waals surface area contributed by atoms with Crippen LogP contribution in [-0.2, 0) is 0 Å². The quantitative estimate of drug-likeness (QED) is 0.647. The van der Waals surface area contributed by atoms with Crippen LogP contribution >= 0.6 is 9.39 Å². The van der Waals surface area contributed by atoms with E-state index < -0.39 is 0 Å². The molecule has 0 saturated carbocycles. The van der Waals surface area contributed by atoms with Gasteiger partial charge in [0.05, 0.1) is 0 Å². The lowest BCUT2D eigenvalue weighted by atomic mass is 10.3. The first-order valence-electron chi connectivity index (χ1n) is 6.25. The van der Waals surface area contributed by atoms with E-state index in [1.807, 2.05) is 77.3 Å². The molecule has 2 aromatic carbocycles. The Morgan fingerprint density at radius 3 is 1.85 bits per heavy atom. The topological polar surface area (TPSA) is 23.4 Å². The van der Waals surface area contributed by atoms with Gasteiger partial charge in [-0.25, -0.2) is 0 Å². The van der Waals surface area contributed by atoms with Crippen molar-refractivity contribution in [2.45, 2.75) is 0 Å². The second kappa shape index (κ2) is 5.81. The third-order valence-electron chi connectivity index (χ3n) is 2.76. The zero-order chi connectivity index (χ0) is 13.8. The average Bonchev–Trinajstić information content (AvgIpc) is 2.83. The summed E-state index contributed by atoms with van der Waals surface area (Å²) >= 11 is 0. The fourth-order valence-corrected chi connectivity index (χ4v) is 2.08. The van der Waals surface area contributed by atoms with E-state index in [9.17, 15) is 0 Å². The van der Waals surface area contributed by atoms with Gasteiger partial charge >= 0.3 is 0 Å². The van der Waals surface area contributed by atoms with Gasteiger partial charge in [0.25, 0.3) is 0 Å². The number of para-hydroxylation sites is 2. The molecule has 1 aromatic heterocycles. The molecule has 0 bridgehead atoms. The average molecular weight is 283 g/mol. The highest BCUT2D eigenvalue weighted by Gasteiger charge is 2.11. The van der Waals surface area contributed by atoms with Crippen molar-refractivity contribution in [3.8, 4) is 23.1 Å². The van der Waals surface area contributed by atoms with E-state index in [4.69, 9.17) is 9.47 Å². The van der Waals surface area contributed by atoms with Crippen molar-refractivity contribution in [1.29, 1.82) is 0 Å². The van der Waals surface area contributed by atoms with Crippen LogP contribution in [0.15, 0.2) is 72.9 Å². The number of hydrogen-bond donors (Lipinski definition) is 0. The fourth-order valence-electron chi connectivity index (χ4n) is 1.81. The minimum Gasteiger partial charge on any atom is -0.452 e. The SMILES string of the molecule is Pn1ccc(Oc2ccccc2)c1Oc1ccccc1. The first kappa shape index (κ1) is 12.8. The third kappa shape index (κ3) is 2.84. The Morgan fingerprint density at radius 2 is 1.25 bits per heavy atom. The molecule has 4 heteroatoms. The number of nitrogens with zero attached hydrogens (tertiary/aromatic N) is 1. The summed E-state index contributed by atoms with van der Waals surface area (Å²) in [5, 5.41) is 0. The standard InChI is InChI=1S/C16H14NO2P/c20-17-12-11-15(18-13-7-3-1-4-8-13)16(17)19-14-9-5-2-6-10-14/h1-12H,20H2. The molecule has 0 N–H and O–H groups in total. The third-order valence-corrected chi connectivity index (χ3v) is 3.17. The zero-order valence-corrected chi connectivity index (χ0v) is 11.9. The maximum atomic E-state index is 5.87. The molecule has 0 spiro atoms. The van der Waals surface area contributed by atoms with Gasteiger partial charge in [-0.2, -0.15) is 0 Å². The van der Waals surface area contributed by atoms with Crippen LogP contribution in [0.4, 0.5) is 0 Å². The molecule has 1 heterocycles. The molecule has 0 aliphatic carbocycles. The summed E-state index contributed by atoms with van der Waals surface area (Å²) in [4.78, 5) is 0. The molecule has 0 aliphatic rings. The molecule has 1 atom stereocenters. The lowest BCUT2D eigenvalue weighted by Gasteiger charge is -2.10. The highest BCUT2D eigenvalue weighted by atomic mass is 31.0. The largest absolute Gasteiger partial charge is 0.452 e. The summed E-state index contributed by atoms with van der Waals surface area (Å²) in [6, 6.07) is 21.1. The van der Waals surface area contributed by atoms with Crippen molar-refractivity contribution < 1.29 is 9.47 Å². The summed E-state index contributed by atoms with van der Waals surface area (Å²) < 4.78 is 13.5. The summed E-state index contributed by atoms with van der Waals surface area (Å²) in [6.07, 6.45) is 1.88. The maximum Gasteiger partial charge on any atom is 0.246 e. The van der Waals surface area contributed by atoms with Crippen LogP contribution in [0.25, 0.3) is 0 Å². The predicted octanol–water partition coefficient (Wildman–Crippen LogP) is 4.71. The van der Waals surface area contributed by atoms with Crippen LogP contribution in [0.3, 0.4) is 0 Å². The number of aromatic nitrogens is 1. The molecule has 0 saturated heterocycles. The van der Waals surface area contributed by atoms with Crippen LogP contribution in [0.1, 0.15) is 0 Å². The van der Waals surface area contributed by atoms with Crippen molar-refractivity contribution in [2.24, 2.45) is 0 Å². The molecule has 0 aliphatic heterocycles. The Labute approximate surface area is 120 Å². The molecular weight excluding hydrogens is 269 g/mol. The molecule has 100 valence electrons. The summed E-state index contributed by atoms with van der Waals surface area (Å²) in [6.45, 7) is 0. The van der Waals surface area contributed by atoms with Crippen LogP contribution in [-0.4, -0.2) is 4.34 Å². The summed E-state index contributed by atoms with van der Waals surface area (Å²) in [5.41, 5.74) is 0. The van der Waals surface area contributed by atoms with Crippen molar-refractivity contribution in [3.05, 3.63) is 72.9 Å². The van der Waals surface area contributed by atoms with E-state index >= 15 is 0 Å². The van der Waals surface area contributed by atoms with Gasteiger partial charge < -0.3 is 13.8 Å². The first-order valence-corrected chi connectivity index (χ1v) is 6.77. The van der Waals surface area contributed by atoms with Gasteiger partial charge in [0, 0.05) is 12.3 Å². The van der Waals surface area contributed by atoms with E-state index in [1.54, 1.807) is 0 Å². The minimum absolute atomic E-state index is 0.644. The van der Waals surface area contributed by atoms with E-state index in [0.717, 1.165) is 11.5 Å². The Hall–Kier alpha value is -2.25. The van der Waals surface area contributed by atoms with Crippen molar-refractivity contribution >= 4 is 9.39 Å². The van der Waals surface area contributed by atoms with Crippen LogP contribution in [0.2, 0.25) is 0 Å². The molecule has 0 amide bonds. The zero-order valence-electron chi connectivity index (χ0n) is 10.8. The second-order valence-corrected chi connectivity index (χ2v) is 4.78. The molecule has 20 heavy (non-hydrogen) atoms. The van der Waals surface area contributed by atoms with Crippen molar-refractivity contribution in [3.63, 3.8) is 0 Å². The fraction of sp³-hybridized carbons (Fsp3) is 0. The van der Waals surface area contributed by atoms with Crippen LogP contribution < -0.4 is 9.47 Å². The summed E-state index contributed by atoms with van der Waals surface area (Å²) in [7, 11) is 2.58. The van der Waals surface area contributed by atoms with Gasteiger partial charge in [-0.15, -0.1) is 0 Å². The first-order chi connectivity index (χ1) is 9.83. The van der Waals surface area contributed by atoms with Gasteiger partial charge in [0.1, 0.15) is 11.5 Å². The number of hydrogen-bond acceptors (Lipinski definition) is 2. The van der Waals surface area contributed by atoms with E-state index in [0.29, 0.717) is 11.6 Å². The molecule has 3 nitrogen and oxygen atoms in total. The van der Waals surface area contributed by atoms with E-state index in [-0.39, 0.29) is 0 Å². The van der Waals surface area contributed by atoms with Gasteiger partial charge in [0.15, 0.2) is 5.75 Å². The highest BCUT2D eigenvalue weighted by Crippen LogP contribution is 2.36. The van der Waals surface area contributed by atoms with Crippen LogP contribution in [0, 0.1) is 0 Å². The monoisotopic (exact) mass is 283 g/mol. The van der Waals surface area contributed by atoms with Gasteiger partial charge in [-0.05, 0) is 33.7 Å². The second-order valence-electron chi connectivity index (χ2n) is 4.22. The van der Waals surface area contributed by atoms with Gasteiger partial charge in [-0.3, -0.25) is 0 Å². The molecule has 3 rings (SSSR count). The Morgan fingerprint density at radius 1 is 0.700 bits per heavy atom. The smallest absolute Gasteiger partial charge is 0.246 e. The van der Waals surface area contributed by atoms with Gasteiger partial charge in [0.2, 0.25) is 5.88 Å². The number of ether oxygens (including phenoxy) is 2. The lowest BCUT2D eigenvalue weighted by Crippen LogP contribution is -1.91. The number of benzene rings is 2.